The Bertz CT molecular complexity index is 871. The lowest BCUT2D eigenvalue weighted by molar-refractivity contribution is -0.125. The number of fused-ring (bicyclic) bond motifs is 1. The van der Waals surface area contributed by atoms with Crippen molar-refractivity contribution in [3.63, 3.8) is 0 Å². The second kappa shape index (κ2) is 7.31. The Hall–Kier alpha value is -3.02. The number of ether oxygens (including phenoxy) is 2. The van der Waals surface area contributed by atoms with E-state index in [0.29, 0.717) is 17.2 Å². The van der Waals surface area contributed by atoms with Crippen LogP contribution in [0.1, 0.15) is 26.3 Å². The molecule has 1 aliphatic heterocycles. The quantitative estimate of drug-likeness (QED) is 0.865. The Balaban J connectivity index is 1.65. The molecule has 6 heteroatoms. The molecule has 0 radical (unpaired) electrons. The lowest BCUT2D eigenvalue weighted by atomic mass is 9.95. The summed E-state index contributed by atoms with van der Waals surface area (Å²) in [7, 11) is 0. The van der Waals surface area contributed by atoms with E-state index in [4.69, 9.17) is 9.47 Å². The van der Waals surface area contributed by atoms with Crippen LogP contribution in [0.4, 0.5) is 11.4 Å². The largest absolute Gasteiger partial charge is 0.485 e. The van der Waals surface area contributed by atoms with Crippen molar-refractivity contribution in [3.05, 3.63) is 48.0 Å². The maximum Gasteiger partial charge on any atom is 0.269 e. The molecule has 0 spiro atoms. The number of aryl methyl sites for hydroxylation is 1. The number of rotatable bonds is 3. The number of benzene rings is 2. The lowest BCUT2D eigenvalue weighted by Crippen LogP contribution is -2.40. The molecule has 3 rings (SSSR count). The fourth-order valence-corrected chi connectivity index (χ4v) is 2.56. The van der Waals surface area contributed by atoms with E-state index in [1.807, 2.05) is 45.9 Å². The third-order valence-electron chi connectivity index (χ3n) is 4.22. The van der Waals surface area contributed by atoms with E-state index in [1.165, 1.54) is 0 Å². The van der Waals surface area contributed by atoms with E-state index in [9.17, 15) is 9.59 Å². The van der Waals surface area contributed by atoms with E-state index in [2.05, 4.69) is 10.6 Å². The minimum atomic E-state index is -0.722. The first-order chi connectivity index (χ1) is 12.7. The van der Waals surface area contributed by atoms with Crippen LogP contribution in [0, 0.1) is 12.3 Å². The molecule has 0 saturated carbocycles. The van der Waals surface area contributed by atoms with Gasteiger partial charge in [0.25, 0.3) is 5.91 Å². The average Bonchev–Trinajstić information content (AvgIpc) is 2.62. The highest BCUT2D eigenvalue weighted by Gasteiger charge is 2.27. The molecule has 6 nitrogen and oxygen atoms in total. The molecule has 27 heavy (non-hydrogen) atoms. The molecule has 0 aromatic heterocycles. The van der Waals surface area contributed by atoms with Gasteiger partial charge in [0.1, 0.15) is 6.61 Å². The van der Waals surface area contributed by atoms with Crippen molar-refractivity contribution in [2.45, 2.75) is 33.8 Å². The van der Waals surface area contributed by atoms with Crippen LogP contribution in [0.2, 0.25) is 0 Å². The monoisotopic (exact) mass is 368 g/mol. The van der Waals surface area contributed by atoms with Gasteiger partial charge in [0.2, 0.25) is 12.0 Å². The average molecular weight is 368 g/mol. The molecule has 2 aromatic carbocycles. The zero-order valence-corrected chi connectivity index (χ0v) is 16.0. The maximum atomic E-state index is 12.5. The van der Waals surface area contributed by atoms with Gasteiger partial charge in [0.15, 0.2) is 11.5 Å². The summed E-state index contributed by atoms with van der Waals surface area (Å²) < 4.78 is 11.3. The first kappa shape index (κ1) is 18.8. The maximum absolute atomic E-state index is 12.5. The lowest BCUT2D eigenvalue weighted by Gasteiger charge is -2.25. The number of amides is 2. The van der Waals surface area contributed by atoms with Gasteiger partial charge in [-0.3, -0.25) is 9.59 Å². The third-order valence-corrected chi connectivity index (χ3v) is 4.22. The molecule has 1 unspecified atom stereocenters. The number of para-hydroxylation sites is 2. The highest BCUT2D eigenvalue weighted by atomic mass is 16.6. The topological polar surface area (TPSA) is 76.7 Å². The molecule has 1 atom stereocenters. The van der Waals surface area contributed by atoms with Crippen LogP contribution in [0.5, 0.6) is 11.5 Å². The van der Waals surface area contributed by atoms with Crippen molar-refractivity contribution >= 4 is 23.2 Å². The van der Waals surface area contributed by atoms with Gasteiger partial charge >= 0.3 is 0 Å². The minimum absolute atomic E-state index is 0.0613. The normalized spacial score (nSPS) is 15.8. The molecule has 142 valence electrons. The van der Waals surface area contributed by atoms with Crippen LogP contribution in [-0.4, -0.2) is 24.5 Å². The first-order valence-corrected chi connectivity index (χ1v) is 8.85. The van der Waals surface area contributed by atoms with Gasteiger partial charge < -0.3 is 20.1 Å². The molecule has 1 aliphatic rings. The van der Waals surface area contributed by atoms with E-state index < -0.39 is 11.5 Å². The molecule has 0 fully saturated rings. The van der Waals surface area contributed by atoms with Crippen LogP contribution in [0.15, 0.2) is 42.5 Å². The Morgan fingerprint density at radius 1 is 1.04 bits per heavy atom. The smallest absolute Gasteiger partial charge is 0.269 e. The predicted molar refractivity (Wildman–Crippen MR) is 104 cm³/mol. The zero-order chi connectivity index (χ0) is 19.6. The van der Waals surface area contributed by atoms with E-state index >= 15 is 0 Å². The summed E-state index contributed by atoms with van der Waals surface area (Å²) in [6.45, 7) is 7.61. The summed E-state index contributed by atoms with van der Waals surface area (Å²) in [5, 5.41) is 5.75. The highest BCUT2D eigenvalue weighted by molar-refractivity contribution is 5.97. The molecular weight excluding hydrogens is 344 g/mol. The Morgan fingerprint density at radius 2 is 1.74 bits per heavy atom. The fraction of sp³-hybridized carbons (Fsp3) is 0.333. The van der Waals surface area contributed by atoms with Gasteiger partial charge in [-0.2, -0.15) is 0 Å². The number of anilines is 2. The van der Waals surface area contributed by atoms with Gasteiger partial charge in [-0.05, 0) is 42.8 Å². The molecular formula is C21H24N2O4. The summed E-state index contributed by atoms with van der Waals surface area (Å²) in [6.07, 6.45) is -0.722. The van der Waals surface area contributed by atoms with Crippen molar-refractivity contribution in [2.24, 2.45) is 5.41 Å². The van der Waals surface area contributed by atoms with Crippen molar-refractivity contribution in [1.82, 2.24) is 0 Å². The summed E-state index contributed by atoms with van der Waals surface area (Å²) >= 11 is 0. The zero-order valence-electron chi connectivity index (χ0n) is 16.0. The van der Waals surface area contributed by atoms with Crippen LogP contribution in [0.25, 0.3) is 0 Å². The molecule has 0 bridgehead atoms. The number of carbonyl (C=O) groups excluding carboxylic acids is 2. The molecule has 2 aromatic rings. The standard InChI is InChI=1S/C21H24N2O4/c1-13-11-14(9-10-15(13)23-20(25)21(2,3)4)22-19(24)18-12-26-16-7-5-6-8-17(16)27-18/h5-11,18H,12H2,1-4H3,(H,22,24)(H,23,25). The molecule has 0 aliphatic carbocycles. The molecule has 1 heterocycles. The number of carbonyl (C=O) groups is 2. The van der Waals surface area contributed by atoms with Gasteiger partial charge in [-0.1, -0.05) is 32.9 Å². The van der Waals surface area contributed by atoms with Crippen molar-refractivity contribution in [2.75, 3.05) is 17.2 Å². The second-order valence-corrected chi connectivity index (χ2v) is 7.59. The highest BCUT2D eigenvalue weighted by Crippen LogP contribution is 2.31. The summed E-state index contributed by atoms with van der Waals surface area (Å²) in [5.41, 5.74) is 1.73. The second-order valence-electron chi connectivity index (χ2n) is 7.59. The van der Waals surface area contributed by atoms with Crippen molar-refractivity contribution in [1.29, 1.82) is 0 Å². The number of hydrogen-bond donors (Lipinski definition) is 2. The van der Waals surface area contributed by atoms with Crippen molar-refractivity contribution in [3.8, 4) is 11.5 Å². The molecule has 0 saturated heterocycles. The minimum Gasteiger partial charge on any atom is -0.485 e. The van der Waals surface area contributed by atoms with Crippen LogP contribution in [-0.2, 0) is 9.59 Å². The summed E-state index contributed by atoms with van der Waals surface area (Å²) in [6, 6.07) is 12.6. The van der Waals surface area contributed by atoms with Crippen molar-refractivity contribution < 1.29 is 19.1 Å². The third kappa shape index (κ3) is 4.39. The van der Waals surface area contributed by atoms with Gasteiger partial charge in [0.05, 0.1) is 0 Å². The van der Waals surface area contributed by atoms with Gasteiger partial charge in [-0.15, -0.1) is 0 Å². The Morgan fingerprint density at radius 3 is 2.41 bits per heavy atom. The summed E-state index contributed by atoms with van der Waals surface area (Å²) in [5.74, 6) is 0.848. The molecule has 2 amide bonds. The van der Waals surface area contributed by atoms with Gasteiger partial charge in [0, 0.05) is 16.8 Å². The van der Waals surface area contributed by atoms with E-state index in [-0.39, 0.29) is 18.4 Å². The van der Waals surface area contributed by atoms with E-state index in [1.54, 1.807) is 24.3 Å². The Kier molecular flexibility index (Phi) is 5.08. The molecule has 2 N–H and O–H groups in total. The number of hydrogen-bond acceptors (Lipinski definition) is 4. The predicted octanol–water partition coefficient (Wildman–Crippen LogP) is 3.76. The van der Waals surface area contributed by atoms with Gasteiger partial charge in [-0.25, -0.2) is 0 Å². The van der Waals surface area contributed by atoms with Crippen LogP contribution < -0.4 is 20.1 Å². The number of nitrogens with one attached hydrogen (secondary N) is 2. The van der Waals surface area contributed by atoms with E-state index in [0.717, 1.165) is 11.3 Å². The van der Waals surface area contributed by atoms with Crippen LogP contribution in [0.3, 0.4) is 0 Å². The fourth-order valence-electron chi connectivity index (χ4n) is 2.56. The first-order valence-electron chi connectivity index (χ1n) is 8.85. The van der Waals surface area contributed by atoms with Crippen LogP contribution >= 0.6 is 0 Å². The SMILES string of the molecule is Cc1cc(NC(=O)C2COc3ccccc3O2)ccc1NC(=O)C(C)(C)C. The summed E-state index contributed by atoms with van der Waals surface area (Å²) in [4.78, 5) is 24.6. The Labute approximate surface area is 158 Å².